The van der Waals surface area contributed by atoms with E-state index in [-0.39, 0.29) is 13.2 Å². The predicted octanol–water partition coefficient (Wildman–Crippen LogP) is 0.859. The van der Waals surface area contributed by atoms with Crippen LogP contribution in [0, 0.1) is 11.3 Å². The van der Waals surface area contributed by atoms with Gasteiger partial charge >= 0.3 is 5.97 Å². The molecule has 0 aliphatic carbocycles. The van der Waals surface area contributed by atoms with Gasteiger partial charge in [-0.05, 0) is 5.56 Å². The zero-order valence-corrected chi connectivity index (χ0v) is 10.6. The normalized spacial score (nSPS) is 11.6. The van der Waals surface area contributed by atoms with Crippen molar-refractivity contribution in [3.05, 3.63) is 53.9 Å². The number of rotatable bonds is 5. The largest absolute Gasteiger partial charge is 0.459 e. The van der Waals surface area contributed by atoms with E-state index in [2.05, 4.69) is 5.10 Å². The highest BCUT2D eigenvalue weighted by Gasteiger charge is 2.17. The Bertz CT molecular complexity index is 616. The Kier molecular flexibility index (Phi) is 4.47. The molecule has 20 heavy (non-hydrogen) atoms. The summed E-state index contributed by atoms with van der Waals surface area (Å²) in [6, 6.07) is 11.1. The Labute approximate surface area is 115 Å². The minimum Gasteiger partial charge on any atom is -0.459 e. The van der Waals surface area contributed by atoms with E-state index >= 15 is 0 Å². The minimum absolute atomic E-state index is 0.0463. The first-order valence-corrected chi connectivity index (χ1v) is 6.00. The van der Waals surface area contributed by atoms with Crippen molar-refractivity contribution in [1.82, 2.24) is 9.78 Å². The maximum Gasteiger partial charge on any atom is 0.337 e. The molecule has 1 N–H and O–H groups in total. The van der Waals surface area contributed by atoms with Gasteiger partial charge in [0.1, 0.15) is 12.7 Å². The quantitative estimate of drug-likeness (QED) is 0.815. The first-order valence-electron chi connectivity index (χ1n) is 6.00. The monoisotopic (exact) mass is 271 g/mol. The highest BCUT2D eigenvalue weighted by atomic mass is 16.5. The summed E-state index contributed by atoms with van der Waals surface area (Å²) in [4.78, 5) is 11.6. The maximum atomic E-state index is 11.6. The number of nitriles is 1. The first kappa shape index (κ1) is 13.8. The number of ether oxygens (including phenoxy) is 1. The number of nitrogens with zero attached hydrogens (tertiary/aromatic N) is 3. The smallest absolute Gasteiger partial charge is 0.337 e. The molecule has 1 heterocycles. The summed E-state index contributed by atoms with van der Waals surface area (Å²) in [6.07, 6.45) is 1.50. The van der Waals surface area contributed by atoms with Crippen LogP contribution in [0.15, 0.2) is 42.7 Å². The van der Waals surface area contributed by atoms with Gasteiger partial charge in [-0.2, -0.15) is 10.4 Å². The Hall–Kier alpha value is -2.65. The fourth-order valence-electron chi connectivity index (χ4n) is 1.60. The van der Waals surface area contributed by atoms with Crippen LogP contribution in [0.1, 0.15) is 11.1 Å². The molecule has 0 aliphatic heterocycles. The lowest BCUT2D eigenvalue weighted by Gasteiger charge is -2.10. The fraction of sp³-hybridized carbons (Fsp3) is 0.214. The molecular formula is C14H13N3O3. The second-order valence-corrected chi connectivity index (χ2v) is 4.17. The van der Waals surface area contributed by atoms with Crippen LogP contribution < -0.4 is 0 Å². The molecular weight excluding hydrogens is 258 g/mol. The van der Waals surface area contributed by atoms with Crippen molar-refractivity contribution in [2.24, 2.45) is 0 Å². The van der Waals surface area contributed by atoms with Gasteiger partial charge < -0.3 is 9.84 Å². The lowest BCUT2D eigenvalue weighted by molar-refractivity contribution is -0.155. The van der Waals surface area contributed by atoms with Gasteiger partial charge in [-0.25, -0.2) is 4.79 Å². The molecule has 102 valence electrons. The van der Waals surface area contributed by atoms with E-state index in [1.165, 1.54) is 17.1 Å². The number of aromatic nitrogens is 2. The number of hydrogen-bond acceptors (Lipinski definition) is 5. The number of carbonyl (C=O) groups excluding carboxylic acids is 1. The third kappa shape index (κ3) is 3.67. The molecule has 2 aromatic rings. The zero-order valence-electron chi connectivity index (χ0n) is 10.6. The van der Waals surface area contributed by atoms with Gasteiger partial charge in [0.2, 0.25) is 0 Å². The van der Waals surface area contributed by atoms with Crippen LogP contribution in [-0.2, 0) is 22.7 Å². The fourth-order valence-corrected chi connectivity index (χ4v) is 1.60. The lowest BCUT2D eigenvalue weighted by Crippen LogP contribution is -2.28. The van der Waals surface area contributed by atoms with Gasteiger partial charge in [0, 0.05) is 6.20 Å². The van der Waals surface area contributed by atoms with Crippen LogP contribution in [0.4, 0.5) is 0 Å². The zero-order chi connectivity index (χ0) is 14.4. The molecule has 2 rings (SSSR count). The van der Waals surface area contributed by atoms with E-state index in [1.54, 1.807) is 0 Å². The summed E-state index contributed by atoms with van der Waals surface area (Å²) >= 11 is 0. The highest BCUT2D eigenvalue weighted by Crippen LogP contribution is 2.03. The van der Waals surface area contributed by atoms with Crippen LogP contribution in [0.2, 0.25) is 0 Å². The number of aliphatic hydroxyl groups excluding tert-OH is 1. The molecule has 6 heteroatoms. The topological polar surface area (TPSA) is 88.1 Å². The predicted molar refractivity (Wildman–Crippen MR) is 69.2 cm³/mol. The minimum atomic E-state index is -1.31. The van der Waals surface area contributed by atoms with E-state index in [9.17, 15) is 9.90 Å². The van der Waals surface area contributed by atoms with Gasteiger partial charge in [0.05, 0.1) is 18.3 Å². The summed E-state index contributed by atoms with van der Waals surface area (Å²) in [5, 5.41) is 22.2. The highest BCUT2D eigenvalue weighted by molar-refractivity contribution is 5.74. The summed E-state index contributed by atoms with van der Waals surface area (Å²) in [5.74, 6) is -0.720. The van der Waals surface area contributed by atoms with Crippen molar-refractivity contribution in [3.63, 3.8) is 0 Å². The molecule has 0 unspecified atom stereocenters. The standard InChI is InChI=1S/C14H13N3O3/c15-6-12-7-16-17(8-12)9-13(18)14(19)20-10-11-4-2-1-3-5-11/h1-5,7-8,13,18H,9-10H2/t13-/m1/s1. The van der Waals surface area contributed by atoms with Crippen molar-refractivity contribution in [2.45, 2.75) is 19.3 Å². The average molecular weight is 271 g/mol. The molecule has 6 nitrogen and oxygen atoms in total. The van der Waals surface area contributed by atoms with Crippen LogP contribution in [0.25, 0.3) is 0 Å². The van der Waals surface area contributed by atoms with E-state index in [1.807, 2.05) is 36.4 Å². The van der Waals surface area contributed by atoms with Gasteiger partial charge in [-0.15, -0.1) is 0 Å². The number of aliphatic hydroxyl groups is 1. The van der Waals surface area contributed by atoms with E-state index in [4.69, 9.17) is 10.00 Å². The molecule has 0 spiro atoms. The van der Waals surface area contributed by atoms with Gasteiger partial charge in [-0.1, -0.05) is 30.3 Å². The number of carbonyl (C=O) groups is 1. The Morgan fingerprint density at radius 2 is 2.20 bits per heavy atom. The van der Waals surface area contributed by atoms with Crippen molar-refractivity contribution in [2.75, 3.05) is 0 Å². The molecule has 1 atom stereocenters. The van der Waals surface area contributed by atoms with Crippen molar-refractivity contribution in [3.8, 4) is 6.07 Å². The van der Waals surface area contributed by atoms with Gasteiger partial charge in [0.25, 0.3) is 0 Å². The van der Waals surface area contributed by atoms with Gasteiger partial charge in [0.15, 0.2) is 6.10 Å². The Morgan fingerprint density at radius 3 is 2.85 bits per heavy atom. The maximum absolute atomic E-state index is 11.6. The van der Waals surface area contributed by atoms with Crippen molar-refractivity contribution >= 4 is 5.97 Å². The van der Waals surface area contributed by atoms with Crippen LogP contribution in [0.5, 0.6) is 0 Å². The average Bonchev–Trinajstić information content (AvgIpc) is 2.93. The SMILES string of the molecule is N#Cc1cnn(C[C@@H](O)C(=O)OCc2ccccc2)c1. The molecule has 1 aromatic heterocycles. The molecule has 0 bridgehead atoms. The van der Waals surface area contributed by atoms with Crippen LogP contribution >= 0.6 is 0 Å². The second kappa shape index (κ2) is 6.50. The molecule has 0 saturated carbocycles. The summed E-state index contributed by atoms with van der Waals surface area (Å²) < 4.78 is 6.33. The summed E-state index contributed by atoms with van der Waals surface area (Å²) in [5.41, 5.74) is 1.22. The molecule has 0 amide bonds. The summed E-state index contributed by atoms with van der Waals surface area (Å²) in [7, 11) is 0. The Morgan fingerprint density at radius 1 is 1.45 bits per heavy atom. The molecule has 0 radical (unpaired) electrons. The van der Waals surface area contributed by atoms with Crippen molar-refractivity contribution in [1.29, 1.82) is 5.26 Å². The second-order valence-electron chi connectivity index (χ2n) is 4.17. The number of esters is 1. The van der Waals surface area contributed by atoms with E-state index < -0.39 is 12.1 Å². The number of hydrogen-bond donors (Lipinski definition) is 1. The molecule has 0 aliphatic rings. The third-order valence-electron chi connectivity index (χ3n) is 2.62. The van der Waals surface area contributed by atoms with Crippen LogP contribution in [-0.4, -0.2) is 27.0 Å². The lowest BCUT2D eigenvalue weighted by atomic mass is 10.2. The third-order valence-corrected chi connectivity index (χ3v) is 2.62. The van der Waals surface area contributed by atoms with E-state index in [0.29, 0.717) is 5.56 Å². The summed E-state index contributed by atoms with van der Waals surface area (Å²) in [6.45, 7) is 0.0641. The molecule has 0 fully saturated rings. The van der Waals surface area contributed by atoms with Gasteiger partial charge in [-0.3, -0.25) is 4.68 Å². The molecule has 1 aromatic carbocycles. The molecule has 0 saturated heterocycles. The number of benzene rings is 1. The Balaban J connectivity index is 1.84. The van der Waals surface area contributed by atoms with E-state index in [0.717, 1.165) is 5.56 Å². The van der Waals surface area contributed by atoms with Crippen molar-refractivity contribution < 1.29 is 14.6 Å². The first-order chi connectivity index (χ1) is 9.69. The van der Waals surface area contributed by atoms with Crippen LogP contribution in [0.3, 0.4) is 0 Å².